The summed E-state index contributed by atoms with van der Waals surface area (Å²) >= 11 is 0. The fourth-order valence-electron chi connectivity index (χ4n) is 4.71. The van der Waals surface area contributed by atoms with E-state index in [1.165, 1.54) is 0 Å². The summed E-state index contributed by atoms with van der Waals surface area (Å²) in [5.74, 6) is -0.945. The number of nitrogens with one attached hydrogen (secondary N) is 1. The maximum absolute atomic E-state index is 13.6. The van der Waals surface area contributed by atoms with Crippen molar-refractivity contribution in [1.29, 1.82) is 0 Å². The summed E-state index contributed by atoms with van der Waals surface area (Å²) in [6, 6.07) is 17.5. The Balaban J connectivity index is 1.68. The number of hydrogen-bond donors (Lipinski definition) is 1. The minimum absolute atomic E-state index is 0.177. The van der Waals surface area contributed by atoms with Crippen LogP contribution >= 0.6 is 0 Å². The molecule has 0 bridgehead atoms. The minimum Gasteiger partial charge on any atom is -0.465 e. The minimum atomic E-state index is -0.658. The average molecular weight is 509 g/mol. The first-order chi connectivity index (χ1) is 18.0. The van der Waals surface area contributed by atoms with Gasteiger partial charge in [-0.2, -0.15) is 0 Å². The summed E-state index contributed by atoms with van der Waals surface area (Å²) in [6.45, 7) is 4.46. The summed E-state index contributed by atoms with van der Waals surface area (Å²) in [5, 5.41) is 3.20. The van der Waals surface area contributed by atoms with Gasteiger partial charge in [0.15, 0.2) is 0 Å². The third kappa shape index (κ3) is 9.01. The molecule has 1 saturated heterocycles. The van der Waals surface area contributed by atoms with Crippen LogP contribution in [0.15, 0.2) is 60.7 Å². The maximum Gasteiger partial charge on any atom is 0.329 e. The Hall–Kier alpha value is -3.19. The van der Waals surface area contributed by atoms with Crippen LogP contribution in [-0.2, 0) is 36.9 Å². The lowest BCUT2D eigenvalue weighted by Gasteiger charge is -2.34. The summed E-state index contributed by atoms with van der Waals surface area (Å²) in [5.41, 5.74) is 2.02. The van der Waals surface area contributed by atoms with Crippen molar-refractivity contribution in [3.8, 4) is 0 Å². The Labute approximate surface area is 220 Å². The monoisotopic (exact) mass is 508 g/mol. The van der Waals surface area contributed by atoms with Crippen molar-refractivity contribution in [3.63, 3.8) is 0 Å². The van der Waals surface area contributed by atoms with Crippen LogP contribution in [0, 0.1) is 0 Å². The maximum atomic E-state index is 13.6. The molecule has 1 aliphatic heterocycles. The van der Waals surface area contributed by atoms with Gasteiger partial charge >= 0.3 is 11.9 Å². The van der Waals surface area contributed by atoms with Gasteiger partial charge in [0.05, 0.1) is 12.6 Å². The first kappa shape index (κ1) is 28.4. The van der Waals surface area contributed by atoms with E-state index >= 15 is 0 Å². The smallest absolute Gasteiger partial charge is 0.329 e. The van der Waals surface area contributed by atoms with E-state index in [2.05, 4.69) is 5.32 Å². The summed E-state index contributed by atoms with van der Waals surface area (Å²) in [6.07, 6.45) is 5.48. The lowest BCUT2D eigenvalue weighted by atomic mass is 10.0. The molecule has 1 amide bonds. The highest BCUT2D eigenvalue weighted by atomic mass is 16.5. The second-order valence-corrected chi connectivity index (χ2v) is 9.56. The highest BCUT2D eigenvalue weighted by molar-refractivity contribution is 5.88. The molecule has 1 heterocycles. The van der Waals surface area contributed by atoms with Crippen LogP contribution < -0.4 is 5.32 Å². The van der Waals surface area contributed by atoms with E-state index in [0.717, 1.165) is 36.8 Å². The van der Waals surface area contributed by atoms with Crippen LogP contribution in [0.3, 0.4) is 0 Å². The predicted molar refractivity (Wildman–Crippen MR) is 143 cm³/mol. The van der Waals surface area contributed by atoms with Gasteiger partial charge in [-0.15, -0.1) is 0 Å². The molecule has 3 rings (SSSR count). The highest BCUT2D eigenvalue weighted by Crippen LogP contribution is 2.20. The standard InChI is InChI=1S/C30H40N2O5/c1-3-36-29(34)26(20-19-24-14-8-6-9-15-24)31-23(2)28(33)32-21-13-5-4-12-18-27(32)30(35)37-22-25-16-10-7-11-17-25/h6-11,14-17,23,26-27,31H,3-5,12-13,18-22H2,1-2H3/t23-,26-,27?/m0/s1. The Bertz CT molecular complexity index is 982. The zero-order chi connectivity index (χ0) is 26.5. The quantitative estimate of drug-likeness (QED) is 0.452. The number of benzene rings is 2. The van der Waals surface area contributed by atoms with Crippen LogP contribution in [0.2, 0.25) is 0 Å². The van der Waals surface area contributed by atoms with Crippen molar-refractivity contribution in [1.82, 2.24) is 10.2 Å². The molecule has 0 saturated carbocycles. The molecule has 0 radical (unpaired) electrons. The molecule has 0 aromatic heterocycles. The van der Waals surface area contributed by atoms with Gasteiger partial charge < -0.3 is 14.4 Å². The third-order valence-corrected chi connectivity index (χ3v) is 6.74. The largest absolute Gasteiger partial charge is 0.465 e. The number of aryl methyl sites for hydroxylation is 1. The lowest BCUT2D eigenvalue weighted by molar-refractivity contribution is -0.158. The molecule has 0 spiro atoms. The zero-order valence-corrected chi connectivity index (χ0v) is 22.1. The number of nitrogens with zero attached hydrogens (tertiary/aromatic N) is 1. The Morgan fingerprint density at radius 2 is 1.57 bits per heavy atom. The fraction of sp³-hybridized carbons (Fsp3) is 0.500. The van der Waals surface area contributed by atoms with Crippen LogP contribution in [0.25, 0.3) is 0 Å². The van der Waals surface area contributed by atoms with Crippen molar-refractivity contribution in [2.24, 2.45) is 0 Å². The molecule has 37 heavy (non-hydrogen) atoms. The molecular formula is C30H40N2O5. The number of amides is 1. The van der Waals surface area contributed by atoms with Crippen LogP contribution in [-0.4, -0.2) is 54.0 Å². The molecule has 0 aliphatic carbocycles. The van der Waals surface area contributed by atoms with Crippen LogP contribution in [0.4, 0.5) is 0 Å². The van der Waals surface area contributed by atoms with E-state index in [0.29, 0.717) is 25.8 Å². The normalized spacial score (nSPS) is 17.7. The number of carbonyl (C=O) groups is 3. The van der Waals surface area contributed by atoms with E-state index in [1.54, 1.807) is 18.7 Å². The average Bonchev–Trinajstić information content (AvgIpc) is 2.90. The van der Waals surface area contributed by atoms with Gasteiger partial charge in [0, 0.05) is 6.54 Å². The summed E-state index contributed by atoms with van der Waals surface area (Å²) in [7, 11) is 0. The van der Waals surface area contributed by atoms with Crippen LogP contribution in [0.1, 0.15) is 63.5 Å². The topological polar surface area (TPSA) is 84.9 Å². The first-order valence-electron chi connectivity index (χ1n) is 13.5. The Kier molecular flexibility index (Phi) is 11.6. The van der Waals surface area contributed by atoms with E-state index in [1.807, 2.05) is 60.7 Å². The van der Waals surface area contributed by atoms with Gasteiger partial charge in [-0.05, 0) is 50.7 Å². The van der Waals surface area contributed by atoms with Gasteiger partial charge in [-0.1, -0.05) is 79.9 Å². The summed E-state index contributed by atoms with van der Waals surface area (Å²) < 4.78 is 10.9. The molecule has 2 aromatic rings. The summed E-state index contributed by atoms with van der Waals surface area (Å²) in [4.78, 5) is 41.1. The molecule has 1 N–H and O–H groups in total. The van der Waals surface area contributed by atoms with Gasteiger partial charge in [0.25, 0.3) is 0 Å². The SMILES string of the molecule is CCOC(=O)[C@H](CCc1ccccc1)N[C@@H](C)C(=O)N1CCCCCCC1C(=O)OCc1ccccc1. The molecular weight excluding hydrogens is 468 g/mol. The molecule has 1 fully saturated rings. The number of carbonyl (C=O) groups excluding carboxylic acids is 3. The predicted octanol–water partition coefficient (Wildman–Crippen LogP) is 4.43. The van der Waals surface area contributed by atoms with Gasteiger partial charge in [-0.25, -0.2) is 4.79 Å². The second kappa shape index (κ2) is 15.2. The molecule has 1 aliphatic rings. The van der Waals surface area contributed by atoms with Gasteiger partial charge in [0.2, 0.25) is 5.91 Å². The molecule has 3 atom stereocenters. The van der Waals surface area contributed by atoms with Crippen molar-refractivity contribution in [2.75, 3.05) is 13.2 Å². The Morgan fingerprint density at radius 1 is 0.919 bits per heavy atom. The second-order valence-electron chi connectivity index (χ2n) is 9.56. The van der Waals surface area contributed by atoms with Crippen molar-refractivity contribution < 1.29 is 23.9 Å². The number of likely N-dealkylation sites (tertiary alicyclic amines) is 1. The van der Waals surface area contributed by atoms with Crippen molar-refractivity contribution in [3.05, 3.63) is 71.8 Å². The number of ether oxygens (including phenoxy) is 2. The van der Waals surface area contributed by atoms with E-state index < -0.39 is 18.1 Å². The van der Waals surface area contributed by atoms with Gasteiger partial charge in [0.1, 0.15) is 18.7 Å². The number of hydrogen-bond acceptors (Lipinski definition) is 6. The van der Waals surface area contributed by atoms with Crippen molar-refractivity contribution in [2.45, 2.75) is 83.5 Å². The van der Waals surface area contributed by atoms with Gasteiger partial charge in [-0.3, -0.25) is 14.9 Å². The van der Waals surface area contributed by atoms with Crippen LogP contribution in [0.5, 0.6) is 0 Å². The number of rotatable bonds is 11. The Morgan fingerprint density at radius 3 is 2.24 bits per heavy atom. The first-order valence-corrected chi connectivity index (χ1v) is 13.5. The number of esters is 2. The lowest BCUT2D eigenvalue weighted by Crippen LogP contribution is -2.55. The fourth-order valence-corrected chi connectivity index (χ4v) is 4.71. The van der Waals surface area contributed by atoms with E-state index in [9.17, 15) is 14.4 Å². The van der Waals surface area contributed by atoms with E-state index in [4.69, 9.17) is 9.47 Å². The van der Waals surface area contributed by atoms with E-state index in [-0.39, 0.29) is 31.1 Å². The molecule has 7 heteroatoms. The third-order valence-electron chi connectivity index (χ3n) is 6.74. The molecule has 7 nitrogen and oxygen atoms in total. The highest BCUT2D eigenvalue weighted by Gasteiger charge is 2.35. The zero-order valence-electron chi connectivity index (χ0n) is 22.1. The molecule has 2 aromatic carbocycles. The molecule has 200 valence electrons. The van der Waals surface area contributed by atoms with Crippen molar-refractivity contribution >= 4 is 17.8 Å². The molecule has 1 unspecified atom stereocenters.